The minimum Gasteiger partial charge on any atom is -0.406 e. The number of hydrogen-bond donors (Lipinski definition) is 0. The van der Waals surface area contributed by atoms with Crippen LogP contribution in [0.3, 0.4) is 0 Å². The molecule has 23 heavy (non-hydrogen) atoms. The summed E-state index contributed by atoms with van der Waals surface area (Å²) in [6, 6.07) is 13.1. The summed E-state index contributed by atoms with van der Waals surface area (Å²) >= 11 is 0. The molecule has 2 aromatic rings. The normalized spacial score (nSPS) is 17.8. The van der Waals surface area contributed by atoms with Gasteiger partial charge in [-0.2, -0.15) is 0 Å². The summed E-state index contributed by atoms with van der Waals surface area (Å²) in [6.07, 6.45) is -3.80. The molecule has 0 amide bonds. The number of fused-ring (bicyclic) bond motifs is 1. The van der Waals surface area contributed by atoms with Gasteiger partial charge >= 0.3 is 6.36 Å². The first-order chi connectivity index (χ1) is 11.0. The van der Waals surface area contributed by atoms with Crippen LogP contribution in [0.1, 0.15) is 22.7 Å². The van der Waals surface area contributed by atoms with Crippen LogP contribution >= 0.6 is 0 Å². The molecule has 6 heteroatoms. The molecule has 0 aliphatic carbocycles. The largest absolute Gasteiger partial charge is 0.573 e. The molecule has 1 aliphatic rings. The summed E-state index contributed by atoms with van der Waals surface area (Å²) in [5.74, 6) is -0.252. The number of alkyl halides is 3. The Morgan fingerprint density at radius 3 is 2.48 bits per heavy atom. The van der Waals surface area contributed by atoms with Crippen molar-refractivity contribution in [1.82, 2.24) is 4.90 Å². The molecule has 0 saturated heterocycles. The van der Waals surface area contributed by atoms with Gasteiger partial charge in [-0.15, -0.1) is 13.2 Å². The molecule has 1 aliphatic heterocycles. The molecule has 2 aromatic carbocycles. The number of carbonyl (C=O) groups is 1. The molecule has 120 valence electrons. The summed E-state index contributed by atoms with van der Waals surface area (Å²) in [5, 5.41) is 0. The number of aldehydes is 1. The summed E-state index contributed by atoms with van der Waals surface area (Å²) < 4.78 is 40.3. The highest BCUT2D eigenvalue weighted by Crippen LogP contribution is 2.33. The van der Waals surface area contributed by atoms with Gasteiger partial charge in [-0.1, -0.05) is 36.4 Å². The second-order valence-corrected chi connectivity index (χ2v) is 5.38. The lowest BCUT2D eigenvalue weighted by Crippen LogP contribution is -2.22. The Labute approximate surface area is 131 Å². The van der Waals surface area contributed by atoms with Gasteiger partial charge in [0.2, 0.25) is 0 Å². The molecule has 3 rings (SSSR count). The van der Waals surface area contributed by atoms with Crippen molar-refractivity contribution in [2.24, 2.45) is 0 Å². The fraction of sp³-hybridized carbons (Fsp3) is 0.235. The van der Waals surface area contributed by atoms with Gasteiger partial charge in [0.05, 0.1) is 6.04 Å². The van der Waals surface area contributed by atoms with Gasteiger partial charge < -0.3 is 9.53 Å². The van der Waals surface area contributed by atoms with Crippen molar-refractivity contribution >= 4 is 6.29 Å². The minimum absolute atomic E-state index is 0.252. The van der Waals surface area contributed by atoms with Crippen molar-refractivity contribution < 1.29 is 22.7 Å². The molecule has 0 aromatic heterocycles. The maximum Gasteiger partial charge on any atom is 0.573 e. The highest BCUT2D eigenvalue weighted by molar-refractivity contribution is 5.64. The molecule has 1 unspecified atom stereocenters. The lowest BCUT2D eigenvalue weighted by Gasteiger charge is -2.20. The van der Waals surface area contributed by atoms with E-state index in [0.717, 1.165) is 23.0 Å². The maximum atomic E-state index is 12.1. The number of halogens is 3. The Hall–Kier alpha value is -2.34. The van der Waals surface area contributed by atoms with E-state index >= 15 is 0 Å². The average molecular weight is 321 g/mol. The number of rotatable bonds is 4. The first-order valence-corrected chi connectivity index (χ1v) is 7.08. The third kappa shape index (κ3) is 3.53. The maximum absolute atomic E-state index is 12.1. The lowest BCUT2D eigenvalue weighted by molar-refractivity contribution is -0.274. The van der Waals surface area contributed by atoms with Gasteiger partial charge in [0.25, 0.3) is 0 Å². The lowest BCUT2D eigenvalue weighted by atomic mass is 10.1. The number of hydrogen-bond acceptors (Lipinski definition) is 3. The Morgan fingerprint density at radius 1 is 1.13 bits per heavy atom. The van der Waals surface area contributed by atoms with Crippen LogP contribution in [0.25, 0.3) is 0 Å². The fourth-order valence-electron chi connectivity index (χ4n) is 2.83. The smallest absolute Gasteiger partial charge is 0.406 e. The first-order valence-electron chi connectivity index (χ1n) is 7.08. The van der Waals surface area contributed by atoms with Crippen molar-refractivity contribution in [3.05, 3.63) is 65.2 Å². The molecule has 0 bridgehead atoms. The molecule has 0 saturated carbocycles. The molecular weight excluding hydrogens is 307 g/mol. The Balaban J connectivity index is 1.72. The average Bonchev–Trinajstić information content (AvgIpc) is 2.85. The van der Waals surface area contributed by atoms with Crippen molar-refractivity contribution in [3.8, 4) is 5.75 Å². The van der Waals surface area contributed by atoms with Gasteiger partial charge in [0.1, 0.15) is 12.0 Å². The van der Waals surface area contributed by atoms with Gasteiger partial charge in [0.15, 0.2) is 0 Å². The van der Waals surface area contributed by atoms with Gasteiger partial charge in [-0.05, 0) is 28.8 Å². The SMILES string of the molecule is O=CC1c2ccccc2CN1Cc1ccc(OC(F)(F)F)cc1. The molecule has 1 heterocycles. The third-order valence-corrected chi connectivity index (χ3v) is 3.81. The van der Waals surface area contributed by atoms with Crippen LogP contribution in [-0.4, -0.2) is 17.5 Å². The number of benzene rings is 2. The van der Waals surface area contributed by atoms with Crippen molar-refractivity contribution in [2.75, 3.05) is 0 Å². The quantitative estimate of drug-likeness (QED) is 0.801. The van der Waals surface area contributed by atoms with Crippen molar-refractivity contribution in [2.45, 2.75) is 25.5 Å². The molecule has 1 atom stereocenters. The molecule has 0 N–H and O–H groups in total. The third-order valence-electron chi connectivity index (χ3n) is 3.81. The monoisotopic (exact) mass is 321 g/mol. The van der Waals surface area contributed by atoms with Crippen LogP contribution in [0, 0.1) is 0 Å². The Bertz CT molecular complexity index is 698. The van der Waals surface area contributed by atoms with Crippen LogP contribution in [0.5, 0.6) is 5.75 Å². The van der Waals surface area contributed by atoms with Gasteiger partial charge in [0, 0.05) is 13.1 Å². The van der Waals surface area contributed by atoms with Crippen LogP contribution in [0.15, 0.2) is 48.5 Å². The minimum atomic E-state index is -4.69. The van der Waals surface area contributed by atoms with E-state index in [1.54, 1.807) is 12.1 Å². The predicted molar refractivity (Wildman–Crippen MR) is 77.6 cm³/mol. The first kappa shape index (κ1) is 15.6. The van der Waals surface area contributed by atoms with Crippen molar-refractivity contribution in [1.29, 1.82) is 0 Å². The fourth-order valence-corrected chi connectivity index (χ4v) is 2.83. The molecule has 0 radical (unpaired) electrons. The number of nitrogens with zero attached hydrogens (tertiary/aromatic N) is 1. The number of carbonyl (C=O) groups excluding carboxylic acids is 1. The van der Waals surface area contributed by atoms with E-state index in [1.165, 1.54) is 12.1 Å². The topological polar surface area (TPSA) is 29.5 Å². The second-order valence-electron chi connectivity index (χ2n) is 5.38. The Morgan fingerprint density at radius 2 is 1.83 bits per heavy atom. The van der Waals surface area contributed by atoms with E-state index in [1.807, 2.05) is 29.2 Å². The van der Waals surface area contributed by atoms with Crippen LogP contribution in [0.2, 0.25) is 0 Å². The molecule has 0 fully saturated rings. The Kier molecular flexibility index (Phi) is 4.09. The molecule has 0 spiro atoms. The summed E-state index contributed by atoms with van der Waals surface area (Å²) in [5.41, 5.74) is 2.90. The van der Waals surface area contributed by atoms with E-state index < -0.39 is 6.36 Å². The predicted octanol–water partition coefficient (Wildman–Crippen LogP) is 3.84. The molecular formula is C17H14F3NO2. The van der Waals surface area contributed by atoms with Crippen LogP contribution in [0.4, 0.5) is 13.2 Å². The zero-order valence-corrected chi connectivity index (χ0v) is 12.1. The zero-order valence-electron chi connectivity index (χ0n) is 12.1. The second kappa shape index (κ2) is 6.04. The standard InChI is InChI=1S/C17H14F3NO2/c18-17(19,20)23-14-7-5-12(6-8-14)9-21-10-13-3-1-2-4-15(13)16(21)11-22/h1-8,11,16H,9-10H2. The van der Waals surface area contributed by atoms with Crippen LogP contribution < -0.4 is 4.74 Å². The summed E-state index contributed by atoms with van der Waals surface area (Å²) in [4.78, 5) is 13.4. The van der Waals surface area contributed by atoms with E-state index in [-0.39, 0.29) is 11.8 Å². The van der Waals surface area contributed by atoms with Crippen molar-refractivity contribution in [3.63, 3.8) is 0 Å². The molecule has 3 nitrogen and oxygen atoms in total. The van der Waals surface area contributed by atoms with Gasteiger partial charge in [-0.25, -0.2) is 0 Å². The van der Waals surface area contributed by atoms with Crippen LogP contribution in [-0.2, 0) is 17.9 Å². The van der Waals surface area contributed by atoms with E-state index in [4.69, 9.17) is 0 Å². The number of ether oxygens (including phenoxy) is 1. The zero-order chi connectivity index (χ0) is 16.4. The van der Waals surface area contributed by atoms with E-state index in [9.17, 15) is 18.0 Å². The van der Waals surface area contributed by atoms with Gasteiger partial charge in [-0.3, -0.25) is 4.90 Å². The highest BCUT2D eigenvalue weighted by atomic mass is 19.4. The highest BCUT2D eigenvalue weighted by Gasteiger charge is 2.31. The van der Waals surface area contributed by atoms with E-state index in [2.05, 4.69) is 4.74 Å². The summed E-state index contributed by atoms with van der Waals surface area (Å²) in [7, 11) is 0. The van der Waals surface area contributed by atoms with E-state index in [0.29, 0.717) is 13.1 Å². The summed E-state index contributed by atoms with van der Waals surface area (Å²) in [6.45, 7) is 1.12.